The van der Waals surface area contributed by atoms with Crippen LogP contribution < -0.4 is 5.32 Å². The SMILES string of the molecule is O=C(Cc1ccc2ccccc2c1)NC1(c2ncon2)CCOCC1. The summed E-state index contributed by atoms with van der Waals surface area (Å²) < 4.78 is 10.3. The lowest BCUT2D eigenvalue weighted by Crippen LogP contribution is -2.50. The average molecular weight is 337 g/mol. The predicted octanol–water partition coefficient (Wildman–Crippen LogP) is 2.59. The third-order valence-electron chi connectivity index (χ3n) is 4.69. The highest BCUT2D eigenvalue weighted by molar-refractivity contribution is 5.85. The van der Waals surface area contributed by atoms with Crippen LogP contribution in [0.15, 0.2) is 53.4 Å². The van der Waals surface area contributed by atoms with Gasteiger partial charge in [-0.3, -0.25) is 4.79 Å². The Kier molecular flexibility index (Phi) is 4.19. The average Bonchev–Trinajstić information content (AvgIpc) is 3.18. The first-order chi connectivity index (χ1) is 12.3. The van der Waals surface area contributed by atoms with E-state index in [4.69, 9.17) is 9.26 Å². The number of ether oxygens (including phenoxy) is 1. The number of rotatable bonds is 4. The fraction of sp³-hybridized carbons (Fsp3) is 0.316. The van der Waals surface area contributed by atoms with Gasteiger partial charge in [-0.05, 0) is 16.3 Å². The Morgan fingerprint density at radius 1 is 1.12 bits per heavy atom. The summed E-state index contributed by atoms with van der Waals surface area (Å²) in [4.78, 5) is 16.8. The van der Waals surface area contributed by atoms with E-state index in [1.807, 2.05) is 24.3 Å². The Labute approximate surface area is 145 Å². The molecule has 0 unspecified atom stereocenters. The number of fused-ring (bicyclic) bond motifs is 1. The van der Waals surface area contributed by atoms with Crippen molar-refractivity contribution in [2.45, 2.75) is 24.8 Å². The molecule has 6 nitrogen and oxygen atoms in total. The van der Waals surface area contributed by atoms with Gasteiger partial charge in [-0.15, -0.1) is 0 Å². The monoisotopic (exact) mass is 337 g/mol. The van der Waals surface area contributed by atoms with E-state index in [0.29, 0.717) is 38.3 Å². The van der Waals surface area contributed by atoms with Gasteiger partial charge in [-0.25, -0.2) is 0 Å². The highest BCUT2D eigenvalue weighted by Crippen LogP contribution is 2.30. The largest absolute Gasteiger partial charge is 0.381 e. The smallest absolute Gasteiger partial charge is 0.225 e. The Balaban J connectivity index is 1.53. The first-order valence-corrected chi connectivity index (χ1v) is 8.38. The lowest BCUT2D eigenvalue weighted by atomic mass is 9.88. The van der Waals surface area contributed by atoms with Crippen LogP contribution in [0.25, 0.3) is 10.8 Å². The van der Waals surface area contributed by atoms with Gasteiger partial charge in [0.15, 0.2) is 5.82 Å². The summed E-state index contributed by atoms with van der Waals surface area (Å²) in [7, 11) is 0. The van der Waals surface area contributed by atoms with Crippen LogP contribution in [0, 0.1) is 0 Å². The van der Waals surface area contributed by atoms with E-state index in [-0.39, 0.29) is 5.91 Å². The first-order valence-electron chi connectivity index (χ1n) is 8.38. The fourth-order valence-corrected chi connectivity index (χ4v) is 3.35. The van der Waals surface area contributed by atoms with Gasteiger partial charge >= 0.3 is 0 Å². The number of carbonyl (C=O) groups excluding carboxylic acids is 1. The molecule has 0 spiro atoms. The highest BCUT2D eigenvalue weighted by atomic mass is 16.5. The lowest BCUT2D eigenvalue weighted by molar-refractivity contribution is -0.124. The number of hydrogen-bond acceptors (Lipinski definition) is 5. The zero-order valence-corrected chi connectivity index (χ0v) is 13.8. The van der Waals surface area contributed by atoms with Gasteiger partial charge in [-0.2, -0.15) is 4.98 Å². The minimum atomic E-state index is -0.612. The van der Waals surface area contributed by atoms with E-state index < -0.39 is 5.54 Å². The second-order valence-electron chi connectivity index (χ2n) is 6.36. The molecule has 1 aliphatic rings. The molecule has 25 heavy (non-hydrogen) atoms. The normalized spacial score (nSPS) is 16.6. The van der Waals surface area contributed by atoms with Gasteiger partial charge in [0.2, 0.25) is 12.3 Å². The van der Waals surface area contributed by atoms with Crippen molar-refractivity contribution in [3.63, 3.8) is 0 Å². The van der Waals surface area contributed by atoms with Crippen LogP contribution in [-0.2, 0) is 21.5 Å². The molecule has 6 heteroatoms. The van der Waals surface area contributed by atoms with Crippen molar-refractivity contribution in [2.24, 2.45) is 0 Å². The molecule has 0 bridgehead atoms. The zero-order chi connectivity index (χ0) is 17.1. The molecule has 3 aromatic rings. The van der Waals surface area contributed by atoms with Crippen LogP contribution in [0.5, 0.6) is 0 Å². The molecule has 4 rings (SSSR count). The summed E-state index contributed by atoms with van der Waals surface area (Å²) in [6.45, 7) is 1.12. The van der Waals surface area contributed by atoms with Crippen LogP contribution in [0.4, 0.5) is 0 Å². The fourth-order valence-electron chi connectivity index (χ4n) is 3.35. The van der Waals surface area contributed by atoms with E-state index >= 15 is 0 Å². The molecule has 0 saturated carbocycles. The van der Waals surface area contributed by atoms with Crippen molar-refractivity contribution in [1.82, 2.24) is 15.5 Å². The molecular weight excluding hydrogens is 318 g/mol. The minimum absolute atomic E-state index is 0.0537. The van der Waals surface area contributed by atoms with Crippen LogP contribution in [0.1, 0.15) is 24.2 Å². The molecule has 2 heterocycles. The van der Waals surface area contributed by atoms with E-state index in [0.717, 1.165) is 10.9 Å². The summed E-state index contributed by atoms with van der Waals surface area (Å²) in [5, 5.41) is 9.38. The number of amides is 1. The molecular formula is C19H19N3O3. The summed E-state index contributed by atoms with van der Waals surface area (Å²) in [6, 6.07) is 14.2. The summed E-state index contributed by atoms with van der Waals surface area (Å²) >= 11 is 0. The Morgan fingerprint density at radius 2 is 1.92 bits per heavy atom. The molecule has 1 amide bonds. The predicted molar refractivity (Wildman–Crippen MR) is 91.8 cm³/mol. The summed E-state index contributed by atoms with van der Waals surface area (Å²) in [6.07, 6.45) is 2.87. The second kappa shape index (κ2) is 6.64. The van der Waals surface area contributed by atoms with Gasteiger partial charge < -0.3 is 14.6 Å². The van der Waals surface area contributed by atoms with Crippen LogP contribution in [0.2, 0.25) is 0 Å². The lowest BCUT2D eigenvalue weighted by Gasteiger charge is -2.35. The quantitative estimate of drug-likeness (QED) is 0.792. The molecule has 128 valence electrons. The van der Waals surface area contributed by atoms with Crippen LogP contribution in [-0.4, -0.2) is 29.3 Å². The van der Waals surface area contributed by atoms with Gasteiger partial charge in [-0.1, -0.05) is 47.6 Å². The topological polar surface area (TPSA) is 77.3 Å². The van der Waals surface area contributed by atoms with E-state index in [1.165, 1.54) is 11.8 Å². The Bertz CT molecular complexity index is 871. The maximum absolute atomic E-state index is 12.7. The summed E-state index contributed by atoms with van der Waals surface area (Å²) in [5.74, 6) is 0.463. The maximum atomic E-state index is 12.7. The van der Waals surface area contributed by atoms with Crippen molar-refractivity contribution >= 4 is 16.7 Å². The number of nitrogens with zero attached hydrogens (tertiary/aromatic N) is 2. The highest BCUT2D eigenvalue weighted by Gasteiger charge is 2.39. The van der Waals surface area contributed by atoms with E-state index in [1.54, 1.807) is 0 Å². The molecule has 1 saturated heterocycles. The number of carbonyl (C=O) groups is 1. The standard InChI is InChI=1S/C19H19N3O3/c23-17(12-14-5-6-15-3-1-2-4-16(15)11-14)21-19(7-9-24-10-8-19)18-20-13-25-22-18/h1-6,11,13H,7-10,12H2,(H,21,23). The zero-order valence-electron chi connectivity index (χ0n) is 13.8. The second-order valence-corrected chi connectivity index (χ2v) is 6.36. The third-order valence-corrected chi connectivity index (χ3v) is 4.69. The van der Waals surface area contributed by atoms with Crippen molar-refractivity contribution in [1.29, 1.82) is 0 Å². The van der Waals surface area contributed by atoms with Crippen molar-refractivity contribution in [3.05, 3.63) is 60.2 Å². The van der Waals surface area contributed by atoms with Crippen molar-refractivity contribution < 1.29 is 14.1 Å². The van der Waals surface area contributed by atoms with Crippen LogP contribution in [0.3, 0.4) is 0 Å². The summed E-state index contributed by atoms with van der Waals surface area (Å²) in [5.41, 5.74) is 0.366. The van der Waals surface area contributed by atoms with Gasteiger partial charge in [0.05, 0.1) is 6.42 Å². The minimum Gasteiger partial charge on any atom is -0.381 e. The molecule has 0 atom stereocenters. The molecule has 1 aliphatic heterocycles. The number of hydrogen-bond donors (Lipinski definition) is 1. The van der Waals surface area contributed by atoms with Crippen molar-refractivity contribution in [2.75, 3.05) is 13.2 Å². The van der Waals surface area contributed by atoms with E-state index in [2.05, 4.69) is 33.7 Å². The van der Waals surface area contributed by atoms with Crippen molar-refractivity contribution in [3.8, 4) is 0 Å². The number of aromatic nitrogens is 2. The first kappa shape index (κ1) is 15.8. The molecule has 0 radical (unpaired) electrons. The molecule has 1 N–H and O–H groups in total. The Morgan fingerprint density at radius 3 is 2.68 bits per heavy atom. The number of benzene rings is 2. The molecule has 1 aromatic heterocycles. The van der Waals surface area contributed by atoms with Gasteiger partial charge in [0, 0.05) is 26.1 Å². The third kappa shape index (κ3) is 3.25. The molecule has 1 fully saturated rings. The molecule has 0 aliphatic carbocycles. The van der Waals surface area contributed by atoms with E-state index in [9.17, 15) is 4.79 Å². The Hall–Kier alpha value is -2.73. The van der Waals surface area contributed by atoms with Crippen LogP contribution >= 0.6 is 0 Å². The van der Waals surface area contributed by atoms with Gasteiger partial charge in [0.25, 0.3) is 0 Å². The van der Waals surface area contributed by atoms with Gasteiger partial charge in [0.1, 0.15) is 5.54 Å². The number of nitrogens with one attached hydrogen (secondary N) is 1. The molecule has 2 aromatic carbocycles. The maximum Gasteiger partial charge on any atom is 0.225 e.